The Balaban J connectivity index is 2.78. The number of esters is 1. The van der Waals surface area contributed by atoms with Crippen LogP contribution in [0.3, 0.4) is 0 Å². The molecule has 0 bridgehead atoms. The van der Waals surface area contributed by atoms with E-state index in [1.54, 1.807) is 26.8 Å². The van der Waals surface area contributed by atoms with Crippen molar-refractivity contribution in [2.45, 2.75) is 64.8 Å². The van der Waals surface area contributed by atoms with E-state index >= 15 is 0 Å². The lowest BCUT2D eigenvalue weighted by molar-refractivity contribution is -0.135. The number of ketones is 1. The fraction of sp³-hybridized carbons (Fsp3) is 0.722. The molecule has 0 aromatic heterocycles. The molecule has 0 aromatic carbocycles. The highest BCUT2D eigenvalue weighted by Crippen LogP contribution is 2.26. The molecule has 1 heterocycles. The maximum atomic E-state index is 13.8. The first kappa shape index (κ1) is 21.1. The molecular formula is C18H28FNO5. The van der Waals surface area contributed by atoms with Crippen LogP contribution in [0.2, 0.25) is 0 Å². The van der Waals surface area contributed by atoms with Gasteiger partial charge in [0.05, 0.1) is 19.7 Å². The zero-order valence-corrected chi connectivity index (χ0v) is 15.6. The summed E-state index contributed by atoms with van der Waals surface area (Å²) >= 11 is 0. The van der Waals surface area contributed by atoms with Crippen LogP contribution < -0.4 is 0 Å². The lowest BCUT2D eigenvalue weighted by Crippen LogP contribution is -2.43. The minimum atomic E-state index is -1.24. The molecule has 0 N–H and O–H groups in total. The molecule has 0 radical (unpaired) electrons. The number of ether oxygens (including phenoxy) is 2. The molecule has 0 spiro atoms. The van der Waals surface area contributed by atoms with Crippen molar-refractivity contribution < 1.29 is 28.2 Å². The highest BCUT2D eigenvalue weighted by Gasteiger charge is 2.41. The van der Waals surface area contributed by atoms with Crippen LogP contribution in [0.1, 0.15) is 47.0 Å². The van der Waals surface area contributed by atoms with Crippen LogP contribution in [0.25, 0.3) is 0 Å². The summed E-state index contributed by atoms with van der Waals surface area (Å²) in [5.41, 5.74) is -0.714. The molecule has 0 aromatic rings. The SMILES string of the molecule is CC[C@@H](/C=C/C(=O)OC)CC(=O)[C@@H]1C[C@H](F)CN1C(=O)OC(C)(C)C. The van der Waals surface area contributed by atoms with E-state index in [-0.39, 0.29) is 31.1 Å². The van der Waals surface area contributed by atoms with E-state index in [0.29, 0.717) is 6.42 Å². The predicted molar refractivity (Wildman–Crippen MR) is 90.8 cm³/mol. The van der Waals surface area contributed by atoms with Gasteiger partial charge in [-0.1, -0.05) is 13.0 Å². The van der Waals surface area contributed by atoms with Gasteiger partial charge in [-0.05, 0) is 33.1 Å². The van der Waals surface area contributed by atoms with Gasteiger partial charge in [0.25, 0.3) is 0 Å². The molecular weight excluding hydrogens is 329 g/mol. The monoisotopic (exact) mass is 357 g/mol. The van der Waals surface area contributed by atoms with E-state index in [9.17, 15) is 18.8 Å². The first-order chi connectivity index (χ1) is 11.6. The first-order valence-electron chi connectivity index (χ1n) is 8.50. The Labute approximate surface area is 148 Å². The smallest absolute Gasteiger partial charge is 0.411 e. The Bertz CT molecular complexity index is 526. The summed E-state index contributed by atoms with van der Waals surface area (Å²) in [4.78, 5) is 37.2. The summed E-state index contributed by atoms with van der Waals surface area (Å²) < 4.78 is 23.6. The number of alkyl halides is 1. The topological polar surface area (TPSA) is 72.9 Å². The Hall–Kier alpha value is -1.92. The maximum absolute atomic E-state index is 13.8. The molecule has 142 valence electrons. The van der Waals surface area contributed by atoms with Gasteiger partial charge in [0.2, 0.25) is 0 Å². The fourth-order valence-corrected chi connectivity index (χ4v) is 2.64. The quantitative estimate of drug-likeness (QED) is 0.540. The summed E-state index contributed by atoms with van der Waals surface area (Å²) in [6.45, 7) is 6.90. The van der Waals surface area contributed by atoms with Gasteiger partial charge in [-0.2, -0.15) is 0 Å². The van der Waals surface area contributed by atoms with Crippen molar-refractivity contribution in [1.29, 1.82) is 0 Å². The molecule has 6 nitrogen and oxygen atoms in total. The van der Waals surface area contributed by atoms with Crippen LogP contribution in [-0.4, -0.2) is 54.2 Å². The maximum Gasteiger partial charge on any atom is 0.411 e. The van der Waals surface area contributed by atoms with Gasteiger partial charge >= 0.3 is 12.1 Å². The van der Waals surface area contributed by atoms with Gasteiger partial charge in [0.15, 0.2) is 5.78 Å². The zero-order chi connectivity index (χ0) is 19.2. The summed E-state index contributed by atoms with van der Waals surface area (Å²) in [6.07, 6.45) is 1.72. The molecule has 1 rings (SSSR count). The molecule has 25 heavy (non-hydrogen) atoms. The minimum absolute atomic E-state index is 0.0186. The van der Waals surface area contributed by atoms with Crippen LogP contribution in [0.5, 0.6) is 0 Å². The summed E-state index contributed by atoms with van der Waals surface area (Å²) in [5, 5.41) is 0. The number of allylic oxidation sites excluding steroid dienone is 1. The Morgan fingerprint density at radius 3 is 2.48 bits per heavy atom. The molecule has 1 aliphatic rings. The van der Waals surface area contributed by atoms with E-state index in [0.717, 1.165) is 0 Å². The van der Waals surface area contributed by atoms with Gasteiger partial charge in [-0.25, -0.2) is 14.0 Å². The average molecular weight is 357 g/mol. The van der Waals surface area contributed by atoms with E-state index in [2.05, 4.69) is 4.74 Å². The number of carbonyl (C=O) groups is 3. The third-order valence-electron chi connectivity index (χ3n) is 3.94. The third kappa shape index (κ3) is 6.84. The van der Waals surface area contributed by atoms with Crippen LogP contribution in [-0.2, 0) is 19.1 Å². The van der Waals surface area contributed by atoms with E-state index in [1.165, 1.54) is 18.1 Å². The molecule has 1 fully saturated rings. The van der Waals surface area contributed by atoms with Crippen molar-refractivity contribution in [3.05, 3.63) is 12.2 Å². The van der Waals surface area contributed by atoms with Gasteiger partial charge in [-0.3, -0.25) is 9.69 Å². The molecule has 7 heteroatoms. The van der Waals surface area contributed by atoms with Crippen molar-refractivity contribution >= 4 is 17.8 Å². The highest BCUT2D eigenvalue weighted by molar-refractivity contribution is 5.88. The third-order valence-corrected chi connectivity index (χ3v) is 3.94. The van der Waals surface area contributed by atoms with Gasteiger partial charge < -0.3 is 9.47 Å². The number of hydrogen-bond donors (Lipinski definition) is 0. The second-order valence-corrected chi connectivity index (χ2v) is 7.20. The van der Waals surface area contributed by atoms with Crippen LogP contribution in [0, 0.1) is 5.92 Å². The number of Topliss-reactive ketones (excluding diaryl/α,β-unsaturated/α-hetero) is 1. The molecule has 1 amide bonds. The highest BCUT2D eigenvalue weighted by atomic mass is 19.1. The number of nitrogens with zero attached hydrogens (tertiary/aromatic N) is 1. The van der Waals surface area contributed by atoms with Crippen molar-refractivity contribution in [3.63, 3.8) is 0 Å². The number of amides is 1. The predicted octanol–water partition coefficient (Wildman–Crippen LogP) is 3.05. The zero-order valence-electron chi connectivity index (χ0n) is 15.6. The summed E-state index contributed by atoms with van der Waals surface area (Å²) in [5.74, 6) is -0.899. The van der Waals surface area contributed by atoms with E-state index < -0.39 is 29.9 Å². The van der Waals surface area contributed by atoms with E-state index in [1.807, 2.05) is 6.92 Å². The summed E-state index contributed by atoms with van der Waals surface area (Å²) in [7, 11) is 1.28. The molecule has 3 atom stereocenters. The lowest BCUT2D eigenvalue weighted by atomic mass is 9.94. The van der Waals surface area contributed by atoms with Gasteiger partial charge in [0.1, 0.15) is 11.8 Å². The largest absolute Gasteiger partial charge is 0.466 e. The number of methoxy groups -OCH3 is 1. The van der Waals surface area contributed by atoms with Gasteiger partial charge in [-0.15, -0.1) is 0 Å². The Morgan fingerprint density at radius 2 is 1.96 bits per heavy atom. The van der Waals surface area contributed by atoms with Crippen LogP contribution >= 0.6 is 0 Å². The first-order valence-corrected chi connectivity index (χ1v) is 8.50. The van der Waals surface area contributed by atoms with Crippen LogP contribution in [0.4, 0.5) is 9.18 Å². The Kier molecular flexibility index (Phi) is 7.58. The number of hydrogen-bond acceptors (Lipinski definition) is 5. The summed E-state index contributed by atoms with van der Waals surface area (Å²) in [6, 6.07) is -0.828. The lowest BCUT2D eigenvalue weighted by Gasteiger charge is -2.28. The van der Waals surface area contributed by atoms with Crippen molar-refractivity contribution in [2.75, 3.05) is 13.7 Å². The Morgan fingerprint density at radius 1 is 1.32 bits per heavy atom. The van der Waals surface area contributed by atoms with Crippen molar-refractivity contribution in [3.8, 4) is 0 Å². The van der Waals surface area contributed by atoms with Crippen LogP contribution in [0.15, 0.2) is 12.2 Å². The standard InChI is InChI=1S/C18H28FNO5/c1-6-12(7-8-16(22)24-5)9-15(21)14-10-13(19)11-20(14)17(23)25-18(2,3)4/h7-8,12-14H,6,9-11H2,1-5H3/b8-7+/t12-,13-,14-/m0/s1. The van der Waals surface area contributed by atoms with Crippen molar-refractivity contribution in [1.82, 2.24) is 4.90 Å². The average Bonchev–Trinajstić information content (AvgIpc) is 2.91. The minimum Gasteiger partial charge on any atom is -0.466 e. The second kappa shape index (κ2) is 8.97. The molecule has 0 saturated carbocycles. The molecule has 1 aliphatic heterocycles. The molecule has 0 aliphatic carbocycles. The second-order valence-electron chi connectivity index (χ2n) is 7.20. The van der Waals surface area contributed by atoms with E-state index in [4.69, 9.17) is 4.74 Å². The normalized spacial score (nSPS) is 22.1. The number of rotatable bonds is 6. The fourth-order valence-electron chi connectivity index (χ4n) is 2.64. The molecule has 1 saturated heterocycles. The van der Waals surface area contributed by atoms with Gasteiger partial charge in [0, 0.05) is 18.9 Å². The number of halogens is 1. The van der Waals surface area contributed by atoms with Crippen molar-refractivity contribution in [2.24, 2.45) is 5.92 Å². The number of likely N-dealkylation sites (tertiary alicyclic amines) is 1. The number of carbonyl (C=O) groups excluding carboxylic acids is 3. The molecule has 0 unspecified atom stereocenters.